The molecular weight excluding hydrogens is 392 g/mol. The largest absolute Gasteiger partial charge is 0.283 e. The second-order valence-electron chi connectivity index (χ2n) is 4.11. The molecule has 0 atom stereocenters. The standard InChI is InChI=1S/C14H8BrClN2OS2/c15-8-5-9(20-7-8)6-17-18-14(19)13-12(16)10-3-1-2-4-11(10)21-13/h1-7H,(H,18,19)/b17-6+. The molecule has 0 aliphatic rings. The van der Waals surface area contributed by atoms with Gasteiger partial charge in [0.25, 0.3) is 5.91 Å². The highest BCUT2D eigenvalue weighted by atomic mass is 79.9. The van der Waals surface area contributed by atoms with Crippen molar-refractivity contribution in [2.24, 2.45) is 5.10 Å². The summed E-state index contributed by atoms with van der Waals surface area (Å²) in [5, 5.41) is 7.27. The molecule has 0 saturated heterocycles. The van der Waals surface area contributed by atoms with Gasteiger partial charge in [0, 0.05) is 24.8 Å². The van der Waals surface area contributed by atoms with E-state index in [9.17, 15) is 4.79 Å². The number of hydrazone groups is 1. The average Bonchev–Trinajstić information content (AvgIpc) is 3.03. The minimum Gasteiger partial charge on any atom is -0.266 e. The molecule has 2 aromatic heterocycles. The minimum atomic E-state index is -0.298. The monoisotopic (exact) mass is 398 g/mol. The molecule has 7 heteroatoms. The number of benzene rings is 1. The van der Waals surface area contributed by atoms with Gasteiger partial charge in [-0.15, -0.1) is 22.7 Å². The summed E-state index contributed by atoms with van der Waals surface area (Å²) in [7, 11) is 0. The van der Waals surface area contributed by atoms with Crippen LogP contribution in [0.4, 0.5) is 0 Å². The molecule has 0 fully saturated rings. The number of thiophene rings is 2. The molecule has 1 aromatic carbocycles. The lowest BCUT2D eigenvalue weighted by atomic mass is 10.2. The Morgan fingerprint density at radius 3 is 2.90 bits per heavy atom. The van der Waals surface area contributed by atoms with Crippen molar-refractivity contribution in [3.63, 3.8) is 0 Å². The van der Waals surface area contributed by atoms with Gasteiger partial charge >= 0.3 is 0 Å². The van der Waals surface area contributed by atoms with Gasteiger partial charge in [-0.3, -0.25) is 4.79 Å². The van der Waals surface area contributed by atoms with E-state index in [1.807, 2.05) is 35.7 Å². The van der Waals surface area contributed by atoms with Gasteiger partial charge in [-0.1, -0.05) is 29.8 Å². The van der Waals surface area contributed by atoms with E-state index in [0.717, 1.165) is 19.4 Å². The van der Waals surface area contributed by atoms with Crippen molar-refractivity contribution in [1.29, 1.82) is 0 Å². The molecule has 0 aliphatic carbocycles. The van der Waals surface area contributed by atoms with Crippen molar-refractivity contribution in [2.75, 3.05) is 0 Å². The predicted molar refractivity (Wildman–Crippen MR) is 93.9 cm³/mol. The van der Waals surface area contributed by atoms with Crippen LogP contribution in [-0.4, -0.2) is 12.1 Å². The van der Waals surface area contributed by atoms with Gasteiger partial charge in [0.05, 0.1) is 11.2 Å². The quantitative estimate of drug-likeness (QED) is 0.480. The van der Waals surface area contributed by atoms with Gasteiger partial charge in [0.1, 0.15) is 4.88 Å². The molecule has 0 bridgehead atoms. The molecule has 106 valence electrons. The second-order valence-corrected chi connectivity index (χ2v) is 7.40. The third kappa shape index (κ3) is 3.18. The summed E-state index contributed by atoms with van der Waals surface area (Å²) >= 11 is 12.5. The molecule has 0 saturated carbocycles. The Hall–Kier alpha value is -1.21. The normalized spacial score (nSPS) is 11.3. The van der Waals surface area contributed by atoms with Gasteiger partial charge < -0.3 is 0 Å². The van der Waals surface area contributed by atoms with Crippen LogP contribution in [0.5, 0.6) is 0 Å². The minimum absolute atomic E-state index is 0.298. The highest BCUT2D eigenvalue weighted by Crippen LogP contribution is 2.34. The van der Waals surface area contributed by atoms with Gasteiger partial charge in [-0.05, 0) is 28.1 Å². The number of nitrogens with one attached hydrogen (secondary N) is 1. The summed E-state index contributed by atoms with van der Waals surface area (Å²) in [6, 6.07) is 9.58. The van der Waals surface area contributed by atoms with Crippen LogP contribution in [0.2, 0.25) is 5.02 Å². The van der Waals surface area contributed by atoms with Crippen LogP contribution in [0.15, 0.2) is 45.3 Å². The fraction of sp³-hybridized carbons (Fsp3) is 0. The van der Waals surface area contributed by atoms with Crippen LogP contribution in [0.1, 0.15) is 14.5 Å². The lowest BCUT2D eigenvalue weighted by Gasteiger charge is -1.96. The van der Waals surface area contributed by atoms with Gasteiger partial charge in [-0.25, -0.2) is 5.43 Å². The molecule has 21 heavy (non-hydrogen) atoms. The SMILES string of the molecule is O=C(N/N=C/c1cc(Br)cs1)c1sc2ccccc2c1Cl. The highest BCUT2D eigenvalue weighted by Gasteiger charge is 2.16. The van der Waals surface area contributed by atoms with Crippen LogP contribution < -0.4 is 5.43 Å². The maximum Gasteiger partial charge on any atom is 0.283 e. The molecule has 0 aliphatic heterocycles. The molecule has 1 N–H and O–H groups in total. The Labute approximate surface area is 142 Å². The van der Waals surface area contributed by atoms with Crippen LogP contribution in [0, 0.1) is 0 Å². The highest BCUT2D eigenvalue weighted by molar-refractivity contribution is 9.10. The molecule has 0 spiro atoms. The van der Waals surface area contributed by atoms with Gasteiger partial charge in [0.15, 0.2) is 0 Å². The lowest BCUT2D eigenvalue weighted by Crippen LogP contribution is -2.16. The van der Waals surface area contributed by atoms with Crippen molar-refractivity contribution in [3.05, 3.63) is 55.0 Å². The number of hydrogen-bond donors (Lipinski definition) is 1. The summed E-state index contributed by atoms with van der Waals surface area (Å²) < 4.78 is 1.98. The topological polar surface area (TPSA) is 41.5 Å². The predicted octanol–water partition coefficient (Wildman–Crippen LogP) is 5.14. The number of carbonyl (C=O) groups is 1. The third-order valence-corrected chi connectivity index (χ3v) is 5.99. The summed E-state index contributed by atoms with van der Waals surface area (Å²) in [4.78, 5) is 13.5. The maximum absolute atomic E-state index is 12.1. The van der Waals surface area contributed by atoms with E-state index in [2.05, 4.69) is 26.5 Å². The first kappa shape index (κ1) is 14.7. The average molecular weight is 400 g/mol. The van der Waals surface area contributed by atoms with E-state index in [-0.39, 0.29) is 5.91 Å². The van der Waals surface area contributed by atoms with Gasteiger partial charge in [-0.2, -0.15) is 5.10 Å². The van der Waals surface area contributed by atoms with Crippen molar-refractivity contribution in [3.8, 4) is 0 Å². The third-order valence-electron chi connectivity index (χ3n) is 2.69. The fourth-order valence-corrected chi connectivity index (χ4v) is 4.47. The smallest absolute Gasteiger partial charge is 0.266 e. The Morgan fingerprint density at radius 2 is 2.19 bits per heavy atom. The zero-order valence-electron chi connectivity index (χ0n) is 10.5. The van der Waals surface area contributed by atoms with E-state index < -0.39 is 0 Å². The van der Waals surface area contributed by atoms with Crippen molar-refractivity contribution in [2.45, 2.75) is 0 Å². The summed E-state index contributed by atoms with van der Waals surface area (Å²) in [6.07, 6.45) is 1.61. The molecule has 1 amide bonds. The molecule has 3 nitrogen and oxygen atoms in total. The van der Waals surface area contributed by atoms with Crippen molar-refractivity contribution >= 4 is 72.4 Å². The number of hydrogen-bond acceptors (Lipinski definition) is 4. The molecular formula is C14H8BrClN2OS2. The number of rotatable bonds is 3. The van der Waals surface area contributed by atoms with E-state index in [4.69, 9.17) is 11.6 Å². The Kier molecular flexibility index (Phi) is 4.40. The Balaban J connectivity index is 1.78. The van der Waals surface area contributed by atoms with Crippen LogP contribution in [-0.2, 0) is 0 Å². The first-order valence-electron chi connectivity index (χ1n) is 5.89. The summed E-state index contributed by atoms with van der Waals surface area (Å²) in [5.74, 6) is -0.298. The first-order valence-corrected chi connectivity index (χ1v) is 8.76. The second kappa shape index (κ2) is 6.27. The Bertz CT molecular complexity index is 840. The van der Waals surface area contributed by atoms with E-state index >= 15 is 0 Å². The zero-order valence-corrected chi connectivity index (χ0v) is 14.4. The molecule has 3 rings (SSSR count). The summed E-state index contributed by atoms with van der Waals surface area (Å²) in [6.45, 7) is 0. The number of halogens is 2. The van der Waals surface area contributed by atoms with Crippen LogP contribution in [0.25, 0.3) is 10.1 Å². The number of amides is 1. The Morgan fingerprint density at radius 1 is 1.38 bits per heavy atom. The number of nitrogens with zero attached hydrogens (tertiary/aromatic N) is 1. The van der Waals surface area contributed by atoms with E-state index in [1.165, 1.54) is 22.7 Å². The van der Waals surface area contributed by atoms with Gasteiger partial charge in [0.2, 0.25) is 0 Å². The zero-order chi connectivity index (χ0) is 14.8. The first-order chi connectivity index (χ1) is 10.1. The van der Waals surface area contributed by atoms with Crippen LogP contribution >= 0.6 is 50.2 Å². The number of fused-ring (bicyclic) bond motifs is 1. The lowest BCUT2D eigenvalue weighted by molar-refractivity contribution is 0.0959. The van der Waals surface area contributed by atoms with Crippen LogP contribution in [0.3, 0.4) is 0 Å². The van der Waals surface area contributed by atoms with Crippen molar-refractivity contribution < 1.29 is 4.79 Å². The fourth-order valence-electron chi connectivity index (χ4n) is 1.76. The molecule has 2 heterocycles. The molecule has 0 unspecified atom stereocenters. The number of carbonyl (C=O) groups excluding carboxylic acids is 1. The van der Waals surface area contributed by atoms with Crippen molar-refractivity contribution in [1.82, 2.24) is 5.43 Å². The van der Waals surface area contributed by atoms with E-state index in [0.29, 0.717) is 9.90 Å². The summed E-state index contributed by atoms with van der Waals surface area (Å²) in [5.41, 5.74) is 2.51. The molecule has 3 aromatic rings. The molecule has 0 radical (unpaired) electrons. The van der Waals surface area contributed by atoms with E-state index in [1.54, 1.807) is 6.21 Å². The maximum atomic E-state index is 12.1.